The van der Waals surface area contributed by atoms with Crippen LogP contribution in [-0.2, 0) is 38.7 Å². The van der Waals surface area contributed by atoms with Crippen LogP contribution >= 0.6 is 0 Å². The second kappa shape index (κ2) is 37.2. The fraction of sp³-hybridized carbons (Fsp3) is 0.957. The molecule has 6 atom stereocenters. The molecule has 1 aliphatic heterocycles. The number of hydrogen-bond donors (Lipinski definition) is 4. The van der Waals surface area contributed by atoms with Gasteiger partial charge >= 0.3 is 11.9 Å². The second-order valence-corrected chi connectivity index (χ2v) is 18.6. The number of aliphatic hydroxyl groups is 3. The number of carbonyl (C=O) groups is 2. The van der Waals surface area contributed by atoms with E-state index < -0.39 is 71.2 Å². The lowest BCUT2D eigenvalue weighted by Crippen LogP contribution is -2.60. The van der Waals surface area contributed by atoms with Gasteiger partial charge in [0.15, 0.2) is 12.4 Å². The summed E-state index contributed by atoms with van der Waals surface area (Å²) >= 11 is 0. The van der Waals surface area contributed by atoms with Crippen LogP contribution in [0.25, 0.3) is 0 Å². The molecule has 1 rings (SSSR count). The van der Waals surface area contributed by atoms with Gasteiger partial charge in [0.1, 0.15) is 36.8 Å². The van der Waals surface area contributed by atoms with E-state index in [1.165, 1.54) is 148 Å². The van der Waals surface area contributed by atoms with Gasteiger partial charge in [-0.1, -0.05) is 200 Å². The molecule has 12 nitrogen and oxygen atoms in total. The topological polar surface area (TPSA) is 186 Å². The largest absolute Gasteiger partial charge is 0.462 e. The summed E-state index contributed by atoms with van der Waals surface area (Å²) in [7, 11) is -4.60. The van der Waals surface area contributed by atoms with Gasteiger partial charge in [-0.15, -0.1) is 0 Å². The Morgan fingerprint density at radius 1 is 0.508 bits per heavy atom. The lowest BCUT2D eigenvalue weighted by Gasteiger charge is -2.40. The zero-order chi connectivity index (χ0) is 43.4. The molecule has 4 N–H and O–H groups in total. The number of carbonyl (C=O) groups excluding carboxylic acids is 2. The number of ether oxygens (including phenoxy) is 4. The van der Waals surface area contributed by atoms with Crippen molar-refractivity contribution in [2.24, 2.45) is 0 Å². The fourth-order valence-corrected chi connectivity index (χ4v) is 8.37. The summed E-state index contributed by atoms with van der Waals surface area (Å²) < 4.78 is 54.1. The Bertz CT molecular complexity index is 1110. The predicted octanol–water partition coefficient (Wildman–Crippen LogP) is 10.1. The highest BCUT2D eigenvalue weighted by Gasteiger charge is 2.46. The minimum absolute atomic E-state index is 0.173. The zero-order valence-electron chi connectivity index (χ0n) is 37.4. The maximum Gasteiger partial charge on any atom is 0.306 e. The third-order valence-corrected chi connectivity index (χ3v) is 12.2. The maximum absolute atomic E-state index is 12.8. The van der Waals surface area contributed by atoms with Crippen LogP contribution in [-0.4, -0.2) is 96.0 Å². The van der Waals surface area contributed by atoms with Crippen LogP contribution in [0, 0.1) is 0 Å². The van der Waals surface area contributed by atoms with Gasteiger partial charge in [-0.05, 0) is 12.8 Å². The van der Waals surface area contributed by atoms with Crippen molar-refractivity contribution in [3.05, 3.63) is 0 Å². The van der Waals surface area contributed by atoms with Gasteiger partial charge in [-0.25, -0.2) is 0 Å². The highest BCUT2D eigenvalue weighted by Crippen LogP contribution is 2.24. The van der Waals surface area contributed by atoms with Crippen LogP contribution in [0.1, 0.15) is 226 Å². The van der Waals surface area contributed by atoms with Crippen LogP contribution in [0.15, 0.2) is 0 Å². The lowest BCUT2D eigenvalue weighted by molar-refractivity contribution is -0.297. The first-order valence-corrected chi connectivity index (χ1v) is 25.7. The Kier molecular flexibility index (Phi) is 35.1. The molecule has 0 aromatic heterocycles. The van der Waals surface area contributed by atoms with E-state index in [-0.39, 0.29) is 19.4 Å². The van der Waals surface area contributed by atoms with E-state index in [1.54, 1.807) is 0 Å². The molecular weight excluding hydrogens is 777 g/mol. The number of hydrogen-bond acceptors (Lipinski definition) is 11. The van der Waals surface area contributed by atoms with Gasteiger partial charge in [-0.3, -0.25) is 14.1 Å². The number of aliphatic hydroxyl groups excluding tert-OH is 3. The number of unbranched alkanes of at least 4 members (excludes halogenated alkanes) is 29. The molecule has 0 aliphatic carbocycles. The van der Waals surface area contributed by atoms with E-state index in [4.69, 9.17) is 18.9 Å². The van der Waals surface area contributed by atoms with Crippen molar-refractivity contribution in [3.63, 3.8) is 0 Å². The molecule has 0 spiro atoms. The standard InChI is InChI=1S/C46H88O12S/c1-3-5-7-9-11-13-15-17-19-21-23-25-27-29-31-33-35-42(48)57-39(37-56-46-45(51)44(50)43(49)40(58-46)38-59(52,53)54)36-55-41(47)34-32-30-28-26-24-22-20-18-16-14-12-10-8-6-4-2/h39-40,43-46,49-51H,3-38H2,1-2H3,(H,52,53,54)/t39-,40-,43-,44?,45?,46+/m1/s1. The first kappa shape index (κ1) is 55.7. The van der Waals surface area contributed by atoms with E-state index in [0.29, 0.717) is 12.8 Å². The van der Waals surface area contributed by atoms with Gasteiger partial charge in [0, 0.05) is 12.8 Å². The molecule has 0 saturated carbocycles. The third kappa shape index (κ3) is 32.1. The van der Waals surface area contributed by atoms with Crippen molar-refractivity contribution in [2.45, 2.75) is 263 Å². The van der Waals surface area contributed by atoms with E-state index in [9.17, 15) is 37.9 Å². The average molecular weight is 865 g/mol. The molecule has 13 heteroatoms. The Balaban J connectivity index is 2.40. The van der Waals surface area contributed by atoms with Crippen molar-refractivity contribution in [1.29, 1.82) is 0 Å². The molecule has 350 valence electrons. The van der Waals surface area contributed by atoms with Crippen LogP contribution in [0.4, 0.5) is 0 Å². The molecule has 0 bridgehead atoms. The average Bonchev–Trinajstić information content (AvgIpc) is 3.20. The Labute approximate surface area is 359 Å². The van der Waals surface area contributed by atoms with E-state index in [1.807, 2.05) is 0 Å². The first-order valence-electron chi connectivity index (χ1n) is 24.1. The zero-order valence-corrected chi connectivity index (χ0v) is 38.2. The Morgan fingerprint density at radius 3 is 1.24 bits per heavy atom. The normalized spacial score (nSPS) is 20.1. The smallest absolute Gasteiger partial charge is 0.306 e. The Hall–Kier alpha value is -1.35. The second-order valence-electron chi connectivity index (χ2n) is 17.1. The monoisotopic (exact) mass is 865 g/mol. The van der Waals surface area contributed by atoms with E-state index >= 15 is 0 Å². The third-order valence-electron chi connectivity index (χ3n) is 11.4. The summed E-state index contributed by atoms with van der Waals surface area (Å²) in [6.07, 6.45) is 28.5. The number of esters is 2. The van der Waals surface area contributed by atoms with E-state index in [0.717, 1.165) is 38.5 Å². The van der Waals surface area contributed by atoms with Crippen LogP contribution in [0.3, 0.4) is 0 Å². The molecule has 1 fully saturated rings. The maximum atomic E-state index is 12.8. The van der Waals surface area contributed by atoms with Gasteiger partial charge in [0.25, 0.3) is 10.1 Å². The molecule has 2 unspecified atom stereocenters. The van der Waals surface area contributed by atoms with Crippen LogP contribution < -0.4 is 0 Å². The predicted molar refractivity (Wildman–Crippen MR) is 234 cm³/mol. The SMILES string of the molecule is CCCCCCCCCCCCCCCCCCC(=O)O[C@H](COC(=O)CCCCCCCCCCCCCCCCC)CO[C@H]1O[C@H](CS(=O)(=O)O)[C@@H](O)C(O)C1O. The quantitative estimate of drug-likeness (QED) is 0.0259. The van der Waals surface area contributed by atoms with E-state index in [2.05, 4.69) is 13.8 Å². The number of rotatable bonds is 41. The van der Waals surface area contributed by atoms with Crippen molar-refractivity contribution < 1.29 is 56.8 Å². The lowest BCUT2D eigenvalue weighted by atomic mass is 10.00. The molecule has 0 radical (unpaired) electrons. The summed E-state index contributed by atoms with van der Waals surface area (Å²) in [5.74, 6) is -1.96. The molecule has 1 heterocycles. The first-order chi connectivity index (χ1) is 28.5. The molecule has 0 aromatic rings. The molecule has 1 aliphatic rings. The minimum atomic E-state index is -4.60. The fourth-order valence-electron chi connectivity index (χ4n) is 7.68. The van der Waals surface area contributed by atoms with Crippen molar-refractivity contribution in [1.82, 2.24) is 0 Å². The van der Waals surface area contributed by atoms with Crippen LogP contribution in [0.2, 0.25) is 0 Å². The summed E-state index contributed by atoms with van der Waals surface area (Å²) in [6.45, 7) is 3.79. The van der Waals surface area contributed by atoms with Crippen molar-refractivity contribution in [3.8, 4) is 0 Å². The Morgan fingerprint density at radius 2 is 0.864 bits per heavy atom. The molecule has 0 amide bonds. The molecule has 0 aromatic carbocycles. The summed E-state index contributed by atoms with van der Waals surface area (Å²) in [6, 6.07) is 0. The van der Waals surface area contributed by atoms with Gasteiger partial charge in [-0.2, -0.15) is 8.42 Å². The van der Waals surface area contributed by atoms with Gasteiger partial charge in [0.2, 0.25) is 0 Å². The van der Waals surface area contributed by atoms with Gasteiger partial charge < -0.3 is 34.3 Å². The van der Waals surface area contributed by atoms with Gasteiger partial charge in [0.05, 0.1) is 6.61 Å². The minimum Gasteiger partial charge on any atom is -0.462 e. The highest BCUT2D eigenvalue weighted by molar-refractivity contribution is 7.85. The van der Waals surface area contributed by atoms with Crippen LogP contribution in [0.5, 0.6) is 0 Å². The van der Waals surface area contributed by atoms with Crippen molar-refractivity contribution in [2.75, 3.05) is 19.0 Å². The van der Waals surface area contributed by atoms with Crippen molar-refractivity contribution >= 4 is 22.1 Å². The molecule has 1 saturated heterocycles. The summed E-state index contributed by atoms with van der Waals surface area (Å²) in [5.41, 5.74) is 0. The molecule has 59 heavy (non-hydrogen) atoms. The summed E-state index contributed by atoms with van der Waals surface area (Å²) in [5, 5.41) is 30.9. The summed E-state index contributed by atoms with van der Waals surface area (Å²) in [4.78, 5) is 25.4. The highest BCUT2D eigenvalue weighted by atomic mass is 32.2. The molecular formula is C46H88O12S.